The molecule has 1 aromatic heterocycles. The van der Waals surface area contributed by atoms with Crippen molar-refractivity contribution in [3.05, 3.63) is 35.5 Å². The van der Waals surface area contributed by atoms with Crippen LogP contribution in [0.15, 0.2) is 29.4 Å². The number of aromatic amines is 1. The van der Waals surface area contributed by atoms with E-state index in [4.69, 9.17) is 0 Å². The van der Waals surface area contributed by atoms with E-state index in [1.165, 1.54) is 35.0 Å². The van der Waals surface area contributed by atoms with E-state index >= 15 is 0 Å². The van der Waals surface area contributed by atoms with Crippen LogP contribution in [0.3, 0.4) is 0 Å². The Bertz CT molecular complexity index is 715. The molecule has 3 N–H and O–H groups in total. The number of nitrogens with zero attached hydrogens (tertiary/aromatic N) is 2. The Morgan fingerprint density at radius 2 is 2.04 bits per heavy atom. The monoisotopic (exact) mass is 371 g/mol. The number of aromatic nitrogens is 1. The van der Waals surface area contributed by atoms with Crippen molar-refractivity contribution in [2.24, 2.45) is 4.99 Å². The molecule has 5 heteroatoms. The molecule has 0 bridgehead atoms. The summed E-state index contributed by atoms with van der Waals surface area (Å²) in [7, 11) is 1.84. The molecule has 0 amide bonds. The third-order valence-corrected chi connectivity index (χ3v) is 5.30. The van der Waals surface area contributed by atoms with Gasteiger partial charge in [0.25, 0.3) is 0 Å². The van der Waals surface area contributed by atoms with Crippen molar-refractivity contribution in [2.45, 2.75) is 53.0 Å². The number of rotatable bonds is 10. The molecular weight excluding hydrogens is 334 g/mol. The van der Waals surface area contributed by atoms with Crippen LogP contribution in [0.5, 0.6) is 0 Å². The van der Waals surface area contributed by atoms with Gasteiger partial charge in [-0.25, -0.2) is 0 Å². The first-order valence-electron chi connectivity index (χ1n) is 10.3. The molecule has 0 aliphatic heterocycles. The maximum atomic E-state index is 4.38. The first-order chi connectivity index (χ1) is 13.1. The maximum Gasteiger partial charge on any atom is 0.191 e. The van der Waals surface area contributed by atoms with Gasteiger partial charge in [-0.05, 0) is 69.9 Å². The lowest BCUT2D eigenvalue weighted by atomic mass is 10.1. The van der Waals surface area contributed by atoms with E-state index in [-0.39, 0.29) is 0 Å². The van der Waals surface area contributed by atoms with E-state index in [0.717, 1.165) is 38.4 Å². The molecule has 150 valence electrons. The Hall–Kier alpha value is -2.01. The Morgan fingerprint density at radius 1 is 1.26 bits per heavy atom. The zero-order valence-electron chi connectivity index (χ0n) is 17.7. The van der Waals surface area contributed by atoms with Crippen LogP contribution in [0.2, 0.25) is 0 Å². The largest absolute Gasteiger partial charge is 0.361 e. The van der Waals surface area contributed by atoms with Gasteiger partial charge in [-0.2, -0.15) is 0 Å². The lowest BCUT2D eigenvalue weighted by Gasteiger charge is -2.21. The maximum absolute atomic E-state index is 4.38. The van der Waals surface area contributed by atoms with Gasteiger partial charge in [-0.3, -0.25) is 4.99 Å². The van der Waals surface area contributed by atoms with Gasteiger partial charge < -0.3 is 20.5 Å². The van der Waals surface area contributed by atoms with Gasteiger partial charge in [-0.1, -0.05) is 26.0 Å². The molecule has 1 heterocycles. The van der Waals surface area contributed by atoms with Crippen LogP contribution in [0.4, 0.5) is 0 Å². The van der Waals surface area contributed by atoms with Gasteiger partial charge in [0.1, 0.15) is 0 Å². The Morgan fingerprint density at radius 3 is 2.74 bits per heavy atom. The molecule has 1 atom stereocenters. The first-order valence-corrected chi connectivity index (χ1v) is 10.3. The molecule has 27 heavy (non-hydrogen) atoms. The second kappa shape index (κ2) is 11.0. The molecule has 5 nitrogen and oxygen atoms in total. The van der Waals surface area contributed by atoms with Crippen LogP contribution < -0.4 is 10.6 Å². The van der Waals surface area contributed by atoms with Gasteiger partial charge in [-0.15, -0.1) is 0 Å². The molecule has 0 saturated carbocycles. The lowest BCUT2D eigenvalue weighted by Crippen LogP contribution is -2.43. The molecule has 0 radical (unpaired) electrons. The highest BCUT2D eigenvalue weighted by molar-refractivity contribution is 5.86. The number of hydrogen-bond acceptors (Lipinski definition) is 2. The number of aliphatic imine (C=N–C) groups is 1. The Balaban J connectivity index is 1.76. The van der Waals surface area contributed by atoms with E-state index in [9.17, 15) is 0 Å². The Kier molecular flexibility index (Phi) is 8.65. The summed E-state index contributed by atoms with van der Waals surface area (Å²) in [5.74, 6) is 0.891. The van der Waals surface area contributed by atoms with Crippen LogP contribution in [-0.4, -0.2) is 55.1 Å². The zero-order chi connectivity index (χ0) is 19.6. The van der Waals surface area contributed by atoms with Gasteiger partial charge >= 0.3 is 0 Å². The van der Waals surface area contributed by atoms with Gasteiger partial charge in [0.2, 0.25) is 0 Å². The van der Waals surface area contributed by atoms with Crippen LogP contribution in [-0.2, 0) is 6.42 Å². The van der Waals surface area contributed by atoms with E-state index in [1.807, 2.05) is 7.05 Å². The van der Waals surface area contributed by atoms with Crippen molar-refractivity contribution >= 4 is 16.9 Å². The molecule has 2 aromatic rings. The second-order valence-electron chi connectivity index (χ2n) is 7.27. The van der Waals surface area contributed by atoms with Crippen LogP contribution in [0, 0.1) is 6.92 Å². The highest BCUT2D eigenvalue weighted by Gasteiger charge is 2.08. The summed E-state index contributed by atoms with van der Waals surface area (Å²) < 4.78 is 0. The molecule has 2 rings (SSSR count). The van der Waals surface area contributed by atoms with Crippen molar-refractivity contribution in [3.63, 3.8) is 0 Å². The fraction of sp³-hybridized carbons (Fsp3) is 0.591. The highest BCUT2D eigenvalue weighted by Crippen LogP contribution is 2.22. The van der Waals surface area contributed by atoms with E-state index in [0.29, 0.717) is 6.04 Å². The van der Waals surface area contributed by atoms with Crippen molar-refractivity contribution in [1.82, 2.24) is 20.5 Å². The summed E-state index contributed by atoms with van der Waals surface area (Å²) in [5, 5.41) is 8.33. The lowest BCUT2D eigenvalue weighted by molar-refractivity contribution is 0.292. The molecule has 0 saturated heterocycles. The number of H-pyrrole nitrogens is 1. The molecule has 1 unspecified atom stereocenters. The van der Waals surface area contributed by atoms with E-state index < -0.39 is 0 Å². The topological polar surface area (TPSA) is 55.4 Å². The summed E-state index contributed by atoms with van der Waals surface area (Å²) in [6.45, 7) is 13.2. The molecule has 0 fully saturated rings. The summed E-state index contributed by atoms with van der Waals surface area (Å²) in [4.78, 5) is 10.2. The van der Waals surface area contributed by atoms with Crippen LogP contribution >= 0.6 is 0 Å². The minimum Gasteiger partial charge on any atom is -0.361 e. The summed E-state index contributed by atoms with van der Waals surface area (Å²) in [6.07, 6.45) is 5.47. The number of aryl methyl sites for hydroxylation is 1. The van der Waals surface area contributed by atoms with Crippen molar-refractivity contribution < 1.29 is 0 Å². The SMILES string of the molecule is CCN(CC)CCCC(C)NC(=NC)NCCc1c[nH]c2cccc(C)c12. The highest BCUT2D eigenvalue weighted by atomic mass is 15.2. The third kappa shape index (κ3) is 6.28. The Labute approximate surface area is 164 Å². The number of benzene rings is 1. The summed E-state index contributed by atoms with van der Waals surface area (Å²) in [6, 6.07) is 6.83. The van der Waals surface area contributed by atoms with E-state index in [2.05, 4.69) is 77.6 Å². The fourth-order valence-electron chi connectivity index (χ4n) is 3.63. The molecule has 0 aliphatic rings. The zero-order valence-corrected chi connectivity index (χ0v) is 17.7. The first kappa shape index (κ1) is 21.3. The minimum absolute atomic E-state index is 0.419. The van der Waals surface area contributed by atoms with E-state index in [1.54, 1.807) is 0 Å². The summed E-state index contributed by atoms with van der Waals surface area (Å²) >= 11 is 0. The molecule has 0 aliphatic carbocycles. The minimum atomic E-state index is 0.419. The van der Waals surface area contributed by atoms with Crippen molar-refractivity contribution in [3.8, 4) is 0 Å². The number of guanidine groups is 1. The van der Waals surface area contributed by atoms with Crippen LogP contribution in [0.25, 0.3) is 10.9 Å². The van der Waals surface area contributed by atoms with Crippen molar-refractivity contribution in [1.29, 1.82) is 0 Å². The quantitative estimate of drug-likeness (QED) is 0.441. The normalized spacial score (nSPS) is 13.3. The van der Waals surface area contributed by atoms with Crippen molar-refractivity contribution in [2.75, 3.05) is 33.2 Å². The number of hydrogen-bond donors (Lipinski definition) is 3. The predicted molar refractivity (Wildman–Crippen MR) is 118 cm³/mol. The molecular formula is C22H37N5. The molecule has 1 aromatic carbocycles. The average Bonchev–Trinajstić information content (AvgIpc) is 3.09. The van der Waals surface area contributed by atoms with Gasteiger partial charge in [0.05, 0.1) is 0 Å². The van der Waals surface area contributed by atoms with Gasteiger partial charge in [0.15, 0.2) is 5.96 Å². The van der Waals surface area contributed by atoms with Crippen LogP contribution in [0.1, 0.15) is 44.7 Å². The molecule has 0 spiro atoms. The smallest absolute Gasteiger partial charge is 0.191 e. The average molecular weight is 372 g/mol. The summed E-state index contributed by atoms with van der Waals surface area (Å²) in [5.41, 5.74) is 3.90. The second-order valence-corrected chi connectivity index (χ2v) is 7.27. The standard InChI is InChI=1S/C22H37N5/c1-6-27(7-2)15-9-11-18(4)26-22(23-5)24-14-13-19-16-25-20-12-8-10-17(3)21(19)20/h8,10,12,16,18,25H,6-7,9,11,13-15H2,1-5H3,(H2,23,24,26). The third-order valence-electron chi connectivity index (χ3n) is 5.30. The van der Waals surface area contributed by atoms with Gasteiger partial charge in [0, 0.05) is 36.7 Å². The number of fused-ring (bicyclic) bond motifs is 1. The fourth-order valence-corrected chi connectivity index (χ4v) is 3.63. The predicted octanol–water partition coefficient (Wildman–Crippen LogP) is 3.69. The number of nitrogens with one attached hydrogen (secondary N) is 3.